The summed E-state index contributed by atoms with van der Waals surface area (Å²) in [6.45, 7) is 5.07. The third-order valence-electron chi connectivity index (χ3n) is 5.57. The molecule has 0 saturated heterocycles. The second kappa shape index (κ2) is 7.55. The molecule has 0 saturated carbocycles. The van der Waals surface area contributed by atoms with Crippen LogP contribution in [0.5, 0.6) is 0 Å². The van der Waals surface area contributed by atoms with Crippen LogP contribution in [0.1, 0.15) is 18.2 Å². The number of benzene rings is 1. The summed E-state index contributed by atoms with van der Waals surface area (Å²) in [5.41, 5.74) is 6.91. The van der Waals surface area contributed by atoms with Gasteiger partial charge in [-0.3, -0.25) is 0 Å². The maximum atomic E-state index is 15.1. The highest BCUT2D eigenvalue weighted by Crippen LogP contribution is 2.34. The van der Waals surface area contributed by atoms with E-state index in [9.17, 15) is 0 Å². The van der Waals surface area contributed by atoms with Gasteiger partial charge in [0.25, 0.3) is 0 Å². The number of rotatable bonds is 5. The Hall–Kier alpha value is -3.65. The van der Waals surface area contributed by atoms with E-state index in [0.717, 1.165) is 45.7 Å². The van der Waals surface area contributed by atoms with Crippen molar-refractivity contribution in [3.05, 3.63) is 66.3 Å². The molecule has 156 valence electrons. The highest BCUT2D eigenvalue weighted by molar-refractivity contribution is 5.90. The lowest BCUT2D eigenvalue weighted by molar-refractivity contribution is 0.186. The molecule has 0 unspecified atom stereocenters. The quantitative estimate of drug-likeness (QED) is 0.424. The van der Waals surface area contributed by atoms with Gasteiger partial charge in [-0.2, -0.15) is 5.10 Å². The van der Waals surface area contributed by atoms with E-state index in [4.69, 9.17) is 4.74 Å². The molecule has 0 radical (unpaired) electrons. The van der Waals surface area contributed by atoms with Gasteiger partial charge in [0.1, 0.15) is 17.0 Å². The fourth-order valence-electron chi connectivity index (χ4n) is 3.98. The van der Waals surface area contributed by atoms with Gasteiger partial charge in [0.2, 0.25) is 0 Å². The lowest BCUT2D eigenvalue weighted by Crippen LogP contribution is -2.00. The van der Waals surface area contributed by atoms with Crippen molar-refractivity contribution in [3.8, 4) is 22.3 Å². The fourth-order valence-corrected chi connectivity index (χ4v) is 3.98. The van der Waals surface area contributed by atoms with Gasteiger partial charge in [0.05, 0.1) is 19.1 Å². The first kappa shape index (κ1) is 19.3. The number of hydrogen-bond acceptors (Lipinski definition) is 5. The summed E-state index contributed by atoms with van der Waals surface area (Å²) in [5.74, 6) is -0.314. The van der Waals surface area contributed by atoms with Gasteiger partial charge in [0.15, 0.2) is 5.65 Å². The third kappa shape index (κ3) is 3.07. The molecule has 0 aliphatic carbocycles. The molecule has 8 heteroatoms. The first-order valence-electron chi connectivity index (χ1n) is 10.0. The molecule has 31 heavy (non-hydrogen) atoms. The van der Waals surface area contributed by atoms with Crippen molar-refractivity contribution in [1.82, 2.24) is 29.1 Å². The normalized spacial score (nSPS) is 11.6. The van der Waals surface area contributed by atoms with Crippen LogP contribution in [0.3, 0.4) is 0 Å². The van der Waals surface area contributed by atoms with Crippen molar-refractivity contribution >= 4 is 16.8 Å². The molecule has 0 N–H and O–H groups in total. The number of halogens is 1. The van der Waals surface area contributed by atoms with Crippen molar-refractivity contribution in [3.63, 3.8) is 0 Å². The van der Waals surface area contributed by atoms with Crippen molar-refractivity contribution < 1.29 is 9.13 Å². The molecule has 5 rings (SSSR count). The van der Waals surface area contributed by atoms with Gasteiger partial charge in [-0.25, -0.2) is 14.4 Å². The Morgan fingerprint density at radius 1 is 1.03 bits per heavy atom. The van der Waals surface area contributed by atoms with Gasteiger partial charge in [-0.1, -0.05) is 6.07 Å². The number of fused-ring (bicyclic) bond motifs is 2. The SMILES string of the molecule is CCn1cnc2c(-c3ccc(F)c(-c4ccn5c(C)cnc5c4COC)c3)cnnc21. The molecule has 0 bridgehead atoms. The summed E-state index contributed by atoms with van der Waals surface area (Å²) >= 11 is 0. The van der Waals surface area contributed by atoms with Crippen LogP contribution in [-0.2, 0) is 17.9 Å². The Labute approximate surface area is 178 Å². The van der Waals surface area contributed by atoms with Gasteiger partial charge >= 0.3 is 0 Å². The van der Waals surface area contributed by atoms with E-state index >= 15 is 4.39 Å². The van der Waals surface area contributed by atoms with Gasteiger partial charge < -0.3 is 13.7 Å². The summed E-state index contributed by atoms with van der Waals surface area (Å²) < 4.78 is 24.4. The number of pyridine rings is 1. The highest BCUT2D eigenvalue weighted by Gasteiger charge is 2.18. The molecular formula is C23H21FN6O. The molecule has 0 fully saturated rings. The van der Waals surface area contributed by atoms with Crippen LogP contribution in [0.25, 0.3) is 39.1 Å². The van der Waals surface area contributed by atoms with Crippen molar-refractivity contribution in [2.75, 3.05) is 7.11 Å². The van der Waals surface area contributed by atoms with Crippen LogP contribution < -0.4 is 0 Å². The van der Waals surface area contributed by atoms with Crippen molar-refractivity contribution in [2.24, 2.45) is 0 Å². The van der Waals surface area contributed by atoms with Crippen molar-refractivity contribution in [2.45, 2.75) is 27.0 Å². The average Bonchev–Trinajstić information content (AvgIpc) is 3.38. The maximum absolute atomic E-state index is 15.1. The summed E-state index contributed by atoms with van der Waals surface area (Å²) in [5, 5.41) is 8.37. The number of hydrogen-bond donors (Lipinski definition) is 0. The fraction of sp³-hybridized carbons (Fsp3) is 0.217. The van der Waals surface area contributed by atoms with Gasteiger partial charge in [-0.05, 0) is 43.2 Å². The van der Waals surface area contributed by atoms with Crippen LogP contribution in [-0.4, -0.2) is 36.2 Å². The maximum Gasteiger partial charge on any atom is 0.183 e. The first-order valence-corrected chi connectivity index (χ1v) is 10.0. The van der Waals surface area contributed by atoms with E-state index in [1.165, 1.54) is 6.07 Å². The molecular weight excluding hydrogens is 395 g/mol. The zero-order chi connectivity index (χ0) is 21.5. The topological polar surface area (TPSA) is 70.1 Å². The number of aryl methyl sites for hydroxylation is 2. The second-order valence-electron chi connectivity index (χ2n) is 7.39. The van der Waals surface area contributed by atoms with E-state index in [2.05, 4.69) is 20.2 Å². The van der Waals surface area contributed by atoms with Crippen molar-refractivity contribution in [1.29, 1.82) is 0 Å². The minimum Gasteiger partial charge on any atom is -0.380 e. The largest absolute Gasteiger partial charge is 0.380 e. The van der Waals surface area contributed by atoms with E-state index in [0.29, 0.717) is 17.8 Å². The number of aromatic nitrogens is 6. The van der Waals surface area contributed by atoms with E-state index in [1.807, 2.05) is 41.1 Å². The van der Waals surface area contributed by atoms with Crippen LogP contribution in [0.15, 0.2) is 49.2 Å². The van der Waals surface area contributed by atoms with Gasteiger partial charge in [0, 0.05) is 48.4 Å². The molecule has 0 amide bonds. The Kier molecular flexibility index (Phi) is 4.71. The highest BCUT2D eigenvalue weighted by atomic mass is 19.1. The molecule has 5 aromatic rings. The predicted octanol–water partition coefficient (Wildman–Crippen LogP) is 4.42. The molecule has 4 heterocycles. The number of imidazole rings is 2. The van der Waals surface area contributed by atoms with Crippen LogP contribution in [0, 0.1) is 12.7 Å². The third-order valence-corrected chi connectivity index (χ3v) is 5.57. The number of methoxy groups -OCH3 is 1. The van der Waals surface area contributed by atoms with E-state index < -0.39 is 0 Å². The monoisotopic (exact) mass is 416 g/mol. The summed E-state index contributed by atoms with van der Waals surface area (Å²) in [4.78, 5) is 9.03. The predicted molar refractivity (Wildman–Crippen MR) is 116 cm³/mol. The molecule has 1 aromatic carbocycles. The first-order chi connectivity index (χ1) is 15.1. The minimum absolute atomic E-state index is 0.314. The van der Waals surface area contributed by atoms with Gasteiger partial charge in [-0.15, -0.1) is 5.10 Å². The van der Waals surface area contributed by atoms with Crippen LogP contribution in [0.2, 0.25) is 0 Å². The molecule has 4 aromatic heterocycles. The summed E-state index contributed by atoms with van der Waals surface area (Å²) in [7, 11) is 1.62. The van der Waals surface area contributed by atoms with E-state index in [-0.39, 0.29) is 5.82 Å². The smallest absolute Gasteiger partial charge is 0.183 e. The lowest BCUT2D eigenvalue weighted by Gasteiger charge is -2.13. The number of nitrogens with zero attached hydrogens (tertiary/aromatic N) is 6. The Bertz CT molecular complexity index is 1420. The zero-order valence-corrected chi connectivity index (χ0v) is 17.5. The molecule has 0 spiro atoms. The lowest BCUT2D eigenvalue weighted by atomic mass is 9.96. The second-order valence-corrected chi connectivity index (χ2v) is 7.39. The Morgan fingerprint density at radius 2 is 1.90 bits per heavy atom. The average molecular weight is 416 g/mol. The molecule has 7 nitrogen and oxygen atoms in total. The molecule has 0 aliphatic rings. The molecule has 0 atom stereocenters. The molecule has 0 aliphatic heterocycles. The summed E-state index contributed by atoms with van der Waals surface area (Å²) in [6, 6.07) is 6.96. The Balaban J connectivity index is 1.72. The zero-order valence-electron chi connectivity index (χ0n) is 17.5. The van der Waals surface area contributed by atoms with Crippen LogP contribution >= 0.6 is 0 Å². The standard InChI is InChI=1S/C23H21FN6O/c1-4-29-13-26-21-18(11-27-28-23(21)29)15-5-6-20(24)17(9-15)16-7-8-30-14(2)10-25-22(30)19(16)12-31-3/h5-11,13H,4,12H2,1-3H3. The van der Waals surface area contributed by atoms with E-state index in [1.54, 1.807) is 31.9 Å². The number of ether oxygens (including phenoxy) is 1. The summed E-state index contributed by atoms with van der Waals surface area (Å²) in [6.07, 6.45) is 7.13. The van der Waals surface area contributed by atoms with Crippen LogP contribution in [0.4, 0.5) is 4.39 Å². The Morgan fingerprint density at radius 3 is 2.71 bits per heavy atom. The minimum atomic E-state index is -0.314.